The Kier molecular flexibility index (Phi) is 4.71. The van der Waals surface area contributed by atoms with Gasteiger partial charge in [0.2, 0.25) is 0 Å². The van der Waals surface area contributed by atoms with Crippen LogP contribution in [0.25, 0.3) is 10.9 Å². The summed E-state index contributed by atoms with van der Waals surface area (Å²) >= 11 is 3.59. The third kappa shape index (κ3) is 3.47. The van der Waals surface area contributed by atoms with Crippen molar-refractivity contribution in [1.29, 1.82) is 5.26 Å². The number of fused-ring (bicyclic) bond motifs is 1. The second-order valence-electron chi connectivity index (χ2n) is 6.73. The lowest BCUT2D eigenvalue weighted by atomic mass is 10.1. The average molecular weight is 425 g/mol. The van der Waals surface area contributed by atoms with E-state index in [-0.39, 0.29) is 5.82 Å². The summed E-state index contributed by atoms with van der Waals surface area (Å²) in [4.78, 5) is 9.26. The topological polar surface area (TPSA) is 43.2 Å². The van der Waals surface area contributed by atoms with E-state index in [1.165, 1.54) is 12.1 Å². The highest BCUT2D eigenvalue weighted by molar-refractivity contribution is 9.10. The van der Waals surface area contributed by atoms with E-state index in [4.69, 9.17) is 4.98 Å². The Labute approximate surface area is 166 Å². The van der Waals surface area contributed by atoms with Crippen LogP contribution in [-0.2, 0) is 0 Å². The summed E-state index contributed by atoms with van der Waals surface area (Å²) in [6.07, 6.45) is 0. The summed E-state index contributed by atoms with van der Waals surface area (Å²) in [5.74, 6) is 0.602. The predicted molar refractivity (Wildman–Crippen MR) is 110 cm³/mol. The third-order valence-corrected chi connectivity index (χ3v) is 5.52. The van der Waals surface area contributed by atoms with E-state index in [1.54, 1.807) is 0 Å². The molecule has 4 rings (SSSR count). The molecule has 1 fully saturated rings. The number of aromatic nitrogens is 1. The number of halogens is 2. The number of aryl methyl sites for hydroxylation is 1. The molecule has 0 saturated carbocycles. The van der Waals surface area contributed by atoms with Crippen molar-refractivity contribution in [1.82, 2.24) is 4.98 Å². The van der Waals surface area contributed by atoms with E-state index in [1.807, 2.05) is 37.3 Å². The van der Waals surface area contributed by atoms with Gasteiger partial charge in [0, 0.05) is 41.7 Å². The molecule has 0 bridgehead atoms. The van der Waals surface area contributed by atoms with Gasteiger partial charge in [0.25, 0.3) is 0 Å². The average Bonchev–Trinajstić information content (AvgIpc) is 2.68. The molecular formula is C21H18BrFN4. The van der Waals surface area contributed by atoms with Crippen molar-refractivity contribution in [3.05, 3.63) is 63.9 Å². The fourth-order valence-electron chi connectivity index (χ4n) is 3.51. The maximum atomic E-state index is 13.1. The molecule has 0 amide bonds. The number of nitriles is 1. The molecule has 0 aliphatic carbocycles. The summed E-state index contributed by atoms with van der Waals surface area (Å²) < 4.78 is 14.0. The van der Waals surface area contributed by atoms with Gasteiger partial charge >= 0.3 is 0 Å². The molecule has 136 valence electrons. The number of benzene rings is 2. The number of nitrogens with zero attached hydrogens (tertiary/aromatic N) is 4. The van der Waals surface area contributed by atoms with Crippen LogP contribution in [0.2, 0.25) is 0 Å². The van der Waals surface area contributed by atoms with Crippen molar-refractivity contribution < 1.29 is 4.39 Å². The number of rotatable bonds is 2. The van der Waals surface area contributed by atoms with E-state index < -0.39 is 0 Å². The zero-order valence-corrected chi connectivity index (χ0v) is 16.5. The Morgan fingerprint density at radius 2 is 1.70 bits per heavy atom. The minimum absolute atomic E-state index is 0.220. The Bertz CT molecular complexity index is 1030. The van der Waals surface area contributed by atoms with Gasteiger partial charge in [0.05, 0.1) is 17.1 Å². The molecule has 0 atom stereocenters. The van der Waals surface area contributed by atoms with Crippen LogP contribution in [0.4, 0.5) is 15.9 Å². The lowest BCUT2D eigenvalue weighted by Crippen LogP contribution is -2.46. The van der Waals surface area contributed by atoms with Crippen LogP contribution in [-0.4, -0.2) is 31.2 Å². The zero-order valence-electron chi connectivity index (χ0n) is 14.9. The van der Waals surface area contributed by atoms with Crippen LogP contribution < -0.4 is 9.80 Å². The van der Waals surface area contributed by atoms with Crippen molar-refractivity contribution in [2.45, 2.75) is 6.92 Å². The maximum Gasteiger partial charge on any atom is 0.130 e. The number of anilines is 2. The lowest BCUT2D eigenvalue weighted by molar-refractivity contribution is 0.624. The van der Waals surface area contributed by atoms with Gasteiger partial charge in [-0.2, -0.15) is 5.26 Å². The highest BCUT2D eigenvalue weighted by Gasteiger charge is 2.20. The van der Waals surface area contributed by atoms with Gasteiger partial charge in [-0.1, -0.05) is 0 Å². The first-order valence-electron chi connectivity index (χ1n) is 8.81. The Morgan fingerprint density at radius 3 is 2.37 bits per heavy atom. The number of hydrogen-bond acceptors (Lipinski definition) is 4. The van der Waals surface area contributed by atoms with Crippen LogP contribution in [0.1, 0.15) is 11.1 Å². The summed E-state index contributed by atoms with van der Waals surface area (Å²) in [5, 5.41) is 10.5. The van der Waals surface area contributed by atoms with Gasteiger partial charge in [-0.05, 0) is 70.9 Å². The van der Waals surface area contributed by atoms with Crippen molar-refractivity contribution in [3.63, 3.8) is 0 Å². The Balaban J connectivity index is 1.60. The van der Waals surface area contributed by atoms with Crippen molar-refractivity contribution in [2.24, 2.45) is 0 Å². The second-order valence-corrected chi connectivity index (χ2v) is 7.59. The molecule has 1 aliphatic rings. The van der Waals surface area contributed by atoms with Crippen LogP contribution in [0.3, 0.4) is 0 Å². The van der Waals surface area contributed by atoms with Crippen LogP contribution in [0, 0.1) is 24.1 Å². The molecule has 0 spiro atoms. The molecule has 0 radical (unpaired) electrons. The highest BCUT2D eigenvalue weighted by Crippen LogP contribution is 2.30. The zero-order chi connectivity index (χ0) is 19.0. The van der Waals surface area contributed by atoms with Crippen LogP contribution in [0.15, 0.2) is 46.9 Å². The van der Waals surface area contributed by atoms with Crippen molar-refractivity contribution >= 4 is 38.3 Å². The van der Waals surface area contributed by atoms with Gasteiger partial charge in [-0.25, -0.2) is 9.37 Å². The Hall–Kier alpha value is -2.65. The normalized spacial score (nSPS) is 14.4. The molecule has 1 saturated heterocycles. The molecule has 27 heavy (non-hydrogen) atoms. The second kappa shape index (κ2) is 7.16. The summed E-state index contributed by atoms with van der Waals surface area (Å²) in [7, 11) is 0. The minimum Gasteiger partial charge on any atom is -0.368 e. The van der Waals surface area contributed by atoms with E-state index in [9.17, 15) is 9.65 Å². The first-order valence-corrected chi connectivity index (χ1v) is 9.61. The minimum atomic E-state index is -0.220. The van der Waals surface area contributed by atoms with Crippen LogP contribution >= 0.6 is 15.9 Å². The van der Waals surface area contributed by atoms with Crippen molar-refractivity contribution in [3.8, 4) is 6.07 Å². The highest BCUT2D eigenvalue weighted by atomic mass is 79.9. The molecule has 0 unspecified atom stereocenters. The molecular weight excluding hydrogens is 407 g/mol. The molecule has 3 aromatic rings. The SMILES string of the molecule is Cc1cc(Br)c2nc(N3CCN(c4ccc(F)cc4)CC3)cc(C#N)c2c1. The molecule has 6 heteroatoms. The lowest BCUT2D eigenvalue weighted by Gasteiger charge is -2.37. The van der Waals surface area contributed by atoms with Gasteiger partial charge in [-0.3, -0.25) is 0 Å². The Morgan fingerprint density at radius 1 is 1.04 bits per heavy atom. The fourth-order valence-corrected chi connectivity index (χ4v) is 4.17. The first kappa shape index (κ1) is 17.7. The van der Waals surface area contributed by atoms with Crippen LogP contribution in [0.5, 0.6) is 0 Å². The first-order chi connectivity index (χ1) is 13.0. The summed E-state index contributed by atoms with van der Waals surface area (Å²) in [5.41, 5.74) is 3.57. The fraction of sp³-hybridized carbons (Fsp3) is 0.238. The monoisotopic (exact) mass is 424 g/mol. The number of piperazine rings is 1. The van der Waals surface area contributed by atoms with Gasteiger partial charge in [-0.15, -0.1) is 0 Å². The quantitative estimate of drug-likeness (QED) is 0.600. The number of hydrogen-bond donors (Lipinski definition) is 0. The molecule has 4 nitrogen and oxygen atoms in total. The number of pyridine rings is 1. The third-order valence-electron chi connectivity index (χ3n) is 4.91. The van der Waals surface area contributed by atoms with E-state index in [2.05, 4.69) is 31.8 Å². The van der Waals surface area contributed by atoms with Crippen molar-refractivity contribution in [2.75, 3.05) is 36.0 Å². The molecule has 2 aromatic carbocycles. The molecule has 1 aromatic heterocycles. The van der Waals surface area contributed by atoms with Gasteiger partial charge in [0.15, 0.2) is 0 Å². The van der Waals surface area contributed by atoms with E-state index in [0.29, 0.717) is 5.56 Å². The van der Waals surface area contributed by atoms with Gasteiger partial charge < -0.3 is 9.80 Å². The summed E-state index contributed by atoms with van der Waals surface area (Å²) in [6.45, 7) is 5.24. The smallest absolute Gasteiger partial charge is 0.130 e. The maximum absolute atomic E-state index is 13.1. The predicted octanol–water partition coefficient (Wildman–Crippen LogP) is 4.64. The standard InChI is InChI=1S/C21H18BrFN4/c1-14-10-18-15(13-24)12-20(25-21(18)19(22)11-14)27-8-6-26(7-9-27)17-4-2-16(23)3-5-17/h2-5,10-12H,6-9H2,1H3. The van der Waals surface area contributed by atoms with Gasteiger partial charge in [0.1, 0.15) is 11.6 Å². The molecule has 2 heterocycles. The van der Waals surface area contributed by atoms with E-state index >= 15 is 0 Å². The largest absolute Gasteiger partial charge is 0.368 e. The van der Waals surface area contributed by atoms with E-state index in [0.717, 1.165) is 58.6 Å². The molecule has 0 N–H and O–H groups in total. The summed E-state index contributed by atoms with van der Waals surface area (Å²) in [6, 6.07) is 14.8. The molecule has 1 aliphatic heterocycles.